The van der Waals surface area contributed by atoms with Gasteiger partial charge in [0.15, 0.2) is 0 Å². The van der Waals surface area contributed by atoms with Gasteiger partial charge in [0.1, 0.15) is 0 Å². The van der Waals surface area contributed by atoms with Crippen LogP contribution in [0.4, 0.5) is 0 Å². The summed E-state index contributed by atoms with van der Waals surface area (Å²) in [7, 11) is 0. The van der Waals surface area contributed by atoms with Gasteiger partial charge in [-0.1, -0.05) is 57.4 Å². The van der Waals surface area contributed by atoms with Gasteiger partial charge in [0.05, 0.1) is 0 Å². The lowest BCUT2D eigenvalue weighted by molar-refractivity contribution is 0.429. The summed E-state index contributed by atoms with van der Waals surface area (Å²) >= 11 is 0. The average molecular weight is 217 g/mol. The molecule has 1 heterocycles. The summed E-state index contributed by atoms with van der Waals surface area (Å²) in [5, 5.41) is 3.68. The fourth-order valence-corrected chi connectivity index (χ4v) is 2.67. The summed E-state index contributed by atoms with van der Waals surface area (Å²) in [5.74, 6) is 0.665. The van der Waals surface area contributed by atoms with Gasteiger partial charge in [-0.3, -0.25) is 0 Å². The molecule has 88 valence electrons. The predicted octanol–water partition coefficient (Wildman–Crippen LogP) is 4.01. The Bertz CT molecular complexity index is 332. The van der Waals surface area contributed by atoms with Crippen molar-refractivity contribution in [1.29, 1.82) is 0 Å². The van der Waals surface area contributed by atoms with E-state index < -0.39 is 0 Å². The van der Waals surface area contributed by atoms with E-state index in [1.165, 1.54) is 31.2 Å². The zero-order chi connectivity index (χ0) is 11.4. The van der Waals surface area contributed by atoms with Crippen LogP contribution in [0.3, 0.4) is 0 Å². The molecule has 1 aromatic rings. The highest BCUT2D eigenvalue weighted by Crippen LogP contribution is 2.32. The fourth-order valence-electron chi connectivity index (χ4n) is 2.67. The number of benzene rings is 1. The van der Waals surface area contributed by atoms with E-state index in [1.807, 2.05) is 0 Å². The van der Waals surface area contributed by atoms with Gasteiger partial charge >= 0.3 is 0 Å². The van der Waals surface area contributed by atoms with E-state index in [1.54, 1.807) is 5.56 Å². The molecule has 0 aliphatic carbocycles. The third-order valence-corrected chi connectivity index (χ3v) is 3.67. The highest BCUT2D eigenvalue weighted by Gasteiger charge is 2.22. The van der Waals surface area contributed by atoms with Gasteiger partial charge in [-0.05, 0) is 23.5 Å². The molecular weight excluding hydrogens is 194 g/mol. The van der Waals surface area contributed by atoms with Crippen molar-refractivity contribution in [2.75, 3.05) is 6.54 Å². The summed E-state index contributed by atoms with van der Waals surface area (Å²) in [6.45, 7) is 5.71. The van der Waals surface area contributed by atoms with Gasteiger partial charge in [0.25, 0.3) is 0 Å². The van der Waals surface area contributed by atoms with Crippen molar-refractivity contribution in [2.45, 2.75) is 51.5 Å². The topological polar surface area (TPSA) is 12.0 Å². The molecule has 0 aromatic heterocycles. The van der Waals surface area contributed by atoms with E-state index in [0.717, 1.165) is 6.54 Å². The van der Waals surface area contributed by atoms with Gasteiger partial charge in [-0.15, -0.1) is 0 Å². The molecule has 0 bridgehead atoms. The Morgan fingerprint density at radius 2 is 1.94 bits per heavy atom. The van der Waals surface area contributed by atoms with E-state index in [2.05, 4.69) is 43.4 Å². The molecule has 1 aromatic carbocycles. The van der Waals surface area contributed by atoms with Crippen LogP contribution in [0.1, 0.15) is 62.6 Å². The second kappa shape index (κ2) is 5.49. The molecule has 0 amide bonds. The highest BCUT2D eigenvalue weighted by molar-refractivity contribution is 5.35. The Morgan fingerprint density at radius 3 is 2.69 bits per heavy atom. The summed E-state index contributed by atoms with van der Waals surface area (Å²) < 4.78 is 0. The monoisotopic (exact) mass is 217 g/mol. The number of rotatable bonds is 4. The summed E-state index contributed by atoms with van der Waals surface area (Å²) in [5.41, 5.74) is 3.10. The molecule has 2 rings (SSSR count). The van der Waals surface area contributed by atoms with Crippen LogP contribution in [0.2, 0.25) is 0 Å². The molecule has 0 radical (unpaired) electrons. The van der Waals surface area contributed by atoms with Gasteiger partial charge < -0.3 is 5.32 Å². The highest BCUT2D eigenvalue weighted by atomic mass is 14.9. The van der Waals surface area contributed by atoms with Crippen LogP contribution in [-0.4, -0.2) is 6.54 Å². The molecule has 1 heteroatoms. The number of hydrogen-bond acceptors (Lipinski definition) is 1. The standard InChI is InChI=1S/C15H23N/c1-3-4-5-10-15-14-9-7-6-8-13(14)12(2)11-16-15/h6-9,12,15-16H,3-5,10-11H2,1-2H3/t12-,15-/m0/s1. The lowest BCUT2D eigenvalue weighted by Gasteiger charge is -2.31. The molecule has 0 spiro atoms. The Balaban J connectivity index is 2.09. The van der Waals surface area contributed by atoms with Crippen molar-refractivity contribution in [3.05, 3.63) is 35.4 Å². The van der Waals surface area contributed by atoms with E-state index in [4.69, 9.17) is 0 Å². The Kier molecular flexibility index (Phi) is 4.00. The van der Waals surface area contributed by atoms with Gasteiger partial charge in [-0.25, -0.2) is 0 Å². The molecule has 1 aliphatic heterocycles. The summed E-state index contributed by atoms with van der Waals surface area (Å²) in [6.07, 6.45) is 5.30. The first-order valence-electron chi connectivity index (χ1n) is 6.65. The molecule has 0 saturated heterocycles. The van der Waals surface area contributed by atoms with Crippen molar-refractivity contribution in [1.82, 2.24) is 5.32 Å². The third kappa shape index (κ3) is 2.46. The first-order chi connectivity index (χ1) is 7.83. The molecule has 0 unspecified atom stereocenters. The minimum absolute atomic E-state index is 0.596. The van der Waals surface area contributed by atoms with Crippen molar-refractivity contribution in [3.8, 4) is 0 Å². The molecule has 0 saturated carbocycles. The molecule has 1 N–H and O–H groups in total. The molecule has 1 nitrogen and oxygen atoms in total. The zero-order valence-electron chi connectivity index (χ0n) is 10.5. The smallest absolute Gasteiger partial charge is 0.0323 e. The maximum Gasteiger partial charge on any atom is 0.0323 e. The third-order valence-electron chi connectivity index (χ3n) is 3.67. The Hall–Kier alpha value is -0.820. The van der Waals surface area contributed by atoms with Crippen molar-refractivity contribution < 1.29 is 0 Å². The lowest BCUT2D eigenvalue weighted by Crippen LogP contribution is -2.31. The van der Waals surface area contributed by atoms with E-state index in [9.17, 15) is 0 Å². The Morgan fingerprint density at radius 1 is 1.19 bits per heavy atom. The minimum Gasteiger partial charge on any atom is -0.309 e. The molecule has 0 fully saturated rings. The molecule has 16 heavy (non-hydrogen) atoms. The normalized spacial score (nSPS) is 24.1. The number of unbranched alkanes of at least 4 members (excludes halogenated alkanes) is 2. The van der Waals surface area contributed by atoms with Crippen molar-refractivity contribution >= 4 is 0 Å². The van der Waals surface area contributed by atoms with Crippen molar-refractivity contribution in [2.24, 2.45) is 0 Å². The Labute approximate surface area is 99.3 Å². The summed E-state index contributed by atoms with van der Waals surface area (Å²) in [4.78, 5) is 0. The number of nitrogens with one attached hydrogen (secondary N) is 1. The summed E-state index contributed by atoms with van der Waals surface area (Å²) in [6, 6.07) is 9.54. The van der Waals surface area contributed by atoms with Crippen LogP contribution in [-0.2, 0) is 0 Å². The maximum absolute atomic E-state index is 3.68. The number of hydrogen-bond donors (Lipinski definition) is 1. The second-order valence-electron chi connectivity index (χ2n) is 4.99. The molecule has 1 aliphatic rings. The zero-order valence-corrected chi connectivity index (χ0v) is 10.5. The first kappa shape index (κ1) is 11.7. The lowest BCUT2D eigenvalue weighted by atomic mass is 9.86. The first-order valence-corrected chi connectivity index (χ1v) is 6.65. The van der Waals surface area contributed by atoms with Crippen LogP contribution >= 0.6 is 0 Å². The van der Waals surface area contributed by atoms with E-state index in [0.29, 0.717) is 12.0 Å². The quantitative estimate of drug-likeness (QED) is 0.751. The van der Waals surface area contributed by atoms with Gasteiger partial charge in [0, 0.05) is 12.6 Å². The van der Waals surface area contributed by atoms with E-state index >= 15 is 0 Å². The second-order valence-corrected chi connectivity index (χ2v) is 4.99. The van der Waals surface area contributed by atoms with Crippen LogP contribution in [0.5, 0.6) is 0 Å². The van der Waals surface area contributed by atoms with Crippen LogP contribution < -0.4 is 5.32 Å². The van der Waals surface area contributed by atoms with Gasteiger partial charge in [-0.2, -0.15) is 0 Å². The van der Waals surface area contributed by atoms with Crippen molar-refractivity contribution in [3.63, 3.8) is 0 Å². The van der Waals surface area contributed by atoms with Crippen LogP contribution in [0.15, 0.2) is 24.3 Å². The average Bonchev–Trinajstić information content (AvgIpc) is 2.33. The van der Waals surface area contributed by atoms with Crippen LogP contribution in [0.25, 0.3) is 0 Å². The maximum atomic E-state index is 3.68. The minimum atomic E-state index is 0.596. The largest absolute Gasteiger partial charge is 0.309 e. The van der Waals surface area contributed by atoms with Crippen LogP contribution in [0, 0.1) is 0 Å². The number of fused-ring (bicyclic) bond motifs is 1. The van der Waals surface area contributed by atoms with E-state index in [-0.39, 0.29) is 0 Å². The SMILES string of the molecule is CCCCC[C@@H]1NC[C@H](C)c2ccccc21. The molecular formula is C15H23N. The van der Waals surface area contributed by atoms with Gasteiger partial charge in [0.2, 0.25) is 0 Å². The predicted molar refractivity (Wildman–Crippen MR) is 69.7 cm³/mol. The fraction of sp³-hybridized carbons (Fsp3) is 0.600. The molecule has 2 atom stereocenters.